The number of phosphoric acid groups is 1. The fraction of sp³-hybridized carbons (Fsp3) is 0.905. The molecule has 0 amide bonds. The zero-order chi connectivity index (χ0) is 41.4. The molecule has 1 fully saturated rings. The third-order valence-electron chi connectivity index (χ3n) is 10.4. The van der Waals surface area contributed by atoms with Crippen molar-refractivity contribution in [3.63, 3.8) is 0 Å². The van der Waals surface area contributed by atoms with Crippen LogP contribution >= 0.6 is 7.82 Å². The Morgan fingerprint density at radius 3 is 1.36 bits per heavy atom. The van der Waals surface area contributed by atoms with Gasteiger partial charge in [-0.25, -0.2) is 4.57 Å². The Kier molecular flexibility index (Phi) is 31.4. The van der Waals surface area contributed by atoms with Crippen LogP contribution in [0.15, 0.2) is 12.2 Å². The summed E-state index contributed by atoms with van der Waals surface area (Å²) in [5.74, 6) is -1.10. The van der Waals surface area contributed by atoms with Crippen LogP contribution in [0.25, 0.3) is 0 Å². The Morgan fingerprint density at radius 1 is 0.536 bits per heavy atom. The van der Waals surface area contributed by atoms with E-state index in [9.17, 15) is 44.6 Å². The molecule has 0 aromatic heterocycles. The van der Waals surface area contributed by atoms with Crippen LogP contribution in [0, 0.1) is 0 Å². The molecule has 1 rings (SSSR count). The fourth-order valence-electron chi connectivity index (χ4n) is 6.75. The number of phosphoric ester groups is 1. The Morgan fingerprint density at radius 2 is 0.911 bits per heavy atom. The van der Waals surface area contributed by atoms with Crippen LogP contribution in [-0.4, -0.2) is 98.3 Å². The molecule has 6 unspecified atom stereocenters. The van der Waals surface area contributed by atoms with Crippen LogP contribution < -0.4 is 0 Å². The second-order valence-electron chi connectivity index (χ2n) is 15.6. The Hall–Kier alpha value is -1.41. The van der Waals surface area contributed by atoms with E-state index in [1.807, 2.05) is 0 Å². The second kappa shape index (κ2) is 33.4. The highest BCUT2D eigenvalue weighted by molar-refractivity contribution is 7.47. The summed E-state index contributed by atoms with van der Waals surface area (Å²) in [5.41, 5.74) is 0. The molecule has 1 saturated carbocycles. The largest absolute Gasteiger partial charge is 0.472 e. The van der Waals surface area contributed by atoms with Gasteiger partial charge < -0.3 is 39.9 Å². The van der Waals surface area contributed by atoms with Gasteiger partial charge >= 0.3 is 19.8 Å². The molecule has 0 heterocycles. The quantitative estimate of drug-likeness (QED) is 0.0154. The van der Waals surface area contributed by atoms with Crippen LogP contribution in [0.4, 0.5) is 0 Å². The van der Waals surface area contributed by atoms with E-state index in [-0.39, 0.29) is 12.8 Å². The van der Waals surface area contributed by atoms with Gasteiger partial charge in [0.25, 0.3) is 0 Å². The van der Waals surface area contributed by atoms with Crippen molar-refractivity contribution in [3.05, 3.63) is 12.2 Å². The first kappa shape index (κ1) is 52.6. The maximum Gasteiger partial charge on any atom is 0.472 e. The molecule has 0 bridgehead atoms. The van der Waals surface area contributed by atoms with Crippen molar-refractivity contribution in [2.75, 3.05) is 13.2 Å². The van der Waals surface area contributed by atoms with Crippen LogP contribution in [0.1, 0.15) is 187 Å². The Labute approximate surface area is 337 Å². The van der Waals surface area contributed by atoms with E-state index in [1.165, 1.54) is 89.9 Å². The second-order valence-corrected chi connectivity index (χ2v) is 17.0. The van der Waals surface area contributed by atoms with Gasteiger partial charge in [0.2, 0.25) is 0 Å². The number of carbonyl (C=O) groups excluding carboxylic acids is 2. The highest BCUT2D eigenvalue weighted by atomic mass is 31.2. The first-order chi connectivity index (χ1) is 26.9. The van der Waals surface area contributed by atoms with Gasteiger partial charge in [-0.05, 0) is 38.5 Å². The van der Waals surface area contributed by atoms with Crippen molar-refractivity contribution in [1.29, 1.82) is 0 Å². The monoisotopic (exact) mass is 823 g/mol. The molecule has 14 heteroatoms. The smallest absolute Gasteiger partial charge is 0.462 e. The third-order valence-corrected chi connectivity index (χ3v) is 11.3. The standard InChI is InChI=1S/C42H79O13P/c1-3-5-7-9-11-13-15-17-19-21-23-25-27-29-31-36(44)54-34(33-53-56(50,51)55-42-40(48)38(46)37(45)39(47)41(42)49)32-52-35(43)30-28-26-24-22-20-18-16-14-12-10-8-6-4-2/h15,17,34,37-42,45-49H,3-14,16,18-33H2,1-2H3,(H,50,51)/b17-15-. The van der Waals surface area contributed by atoms with Gasteiger partial charge in [-0.2, -0.15) is 0 Å². The number of rotatable bonds is 36. The summed E-state index contributed by atoms with van der Waals surface area (Å²) < 4.78 is 33.4. The summed E-state index contributed by atoms with van der Waals surface area (Å²) in [6, 6.07) is 0. The summed E-state index contributed by atoms with van der Waals surface area (Å²) in [6.07, 6.45) is 19.8. The van der Waals surface area contributed by atoms with Gasteiger partial charge in [0.1, 0.15) is 43.2 Å². The van der Waals surface area contributed by atoms with E-state index < -0.39 is 75.7 Å². The Bertz CT molecular complexity index is 1040. The molecular weight excluding hydrogens is 743 g/mol. The zero-order valence-electron chi connectivity index (χ0n) is 34.7. The van der Waals surface area contributed by atoms with Gasteiger partial charge in [-0.1, -0.05) is 148 Å². The first-order valence-corrected chi connectivity index (χ1v) is 23.5. The highest BCUT2D eigenvalue weighted by Gasteiger charge is 2.51. The first-order valence-electron chi connectivity index (χ1n) is 22.0. The number of esters is 2. The summed E-state index contributed by atoms with van der Waals surface area (Å²) in [5, 5.41) is 50.0. The lowest BCUT2D eigenvalue weighted by molar-refractivity contribution is -0.220. The number of hydrogen-bond acceptors (Lipinski definition) is 12. The maximum atomic E-state index is 12.8. The van der Waals surface area contributed by atoms with E-state index in [4.69, 9.17) is 18.5 Å². The number of aliphatic hydroxyl groups is 5. The van der Waals surface area contributed by atoms with E-state index in [1.54, 1.807) is 0 Å². The zero-order valence-corrected chi connectivity index (χ0v) is 35.6. The molecule has 56 heavy (non-hydrogen) atoms. The summed E-state index contributed by atoms with van der Waals surface area (Å²) in [7, 11) is -5.11. The highest BCUT2D eigenvalue weighted by Crippen LogP contribution is 2.47. The molecule has 330 valence electrons. The molecule has 0 aliphatic heterocycles. The van der Waals surface area contributed by atoms with Crippen LogP contribution in [-0.2, 0) is 32.7 Å². The van der Waals surface area contributed by atoms with Crippen molar-refractivity contribution >= 4 is 19.8 Å². The van der Waals surface area contributed by atoms with Crippen molar-refractivity contribution < 1.29 is 63.1 Å². The molecule has 6 atom stereocenters. The van der Waals surface area contributed by atoms with Crippen molar-refractivity contribution in [1.82, 2.24) is 0 Å². The number of hydrogen-bond donors (Lipinski definition) is 6. The number of unbranched alkanes of at least 4 members (excludes halogenated alkanes) is 22. The third kappa shape index (κ3) is 25.8. The SMILES string of the molecule is CCCCCCC/C=C\CCCCCCCC(=O)OC(COC(=O)CCCCCCCCCCCCCCC)COP(=O)(O)OC1C(O)C(O)C(O)C(O)C1O. The molecule has 1 aliphatic rings. The summed E-state index contributed by atoms with van der Waals surface area (Å²) in [4.78, 5) is 35.6. The minimum atomic E-state index is -5.11. The van der Waals surface area contributed by atoms with Gasteiger partial charge in [-0.3, -0.25) is 18.6 Å². The molecule has 6 N–H and O–H groups in total. The minimum absolute atomic E-state index is 0.0905. The molecule has 0 aromatic carbocycles. The van der Waals surface area contributed by atoms with Crippen LogP contribution in [0.5, 0.6) is 0 Å². The van der Waals surface area contributed by atoms with Crippen molar-refractivity contribution in [3.8, 4) is 0 Å². The molecule has 0 aromatic rings. The van der Waals surface area contributed by atoms with Gasteiger partial charge in [0, 0.05) is 12.8 Å². The number of allylic oxidation sites excluding steroid dienone is 2. The lowest BCUT2D eigenvalue weighted by Gasteiger charge is -2.41. The normalized spacial score (nSPS) is 22.9. The van der Waals surface area contributed by atoms with Crippen LogP contribution in [0.3, 0.4) is 0 Å². The predicted octanol–water partition coefficient (Wildman–Crippen LogP) is 7.89. The summed E-state index contributed by atoms with van der Waals surface area (Å²) in [6.45, 7) is 3.28. The molecule has 0 radical (unpaired) electrons. The number of ether oxygens (including phenoxy) is 2. The molecular formula is C42H79O13P. The van der Waals surface area contributed by atoms with E-state index in [2.05, 4.69) is 26.0 Å². The van der Waals surface area contributed by atoms with E-state index in [0.29, 0.717) is 12.8 Å². The molecule has 13 nitrogen and oxygen atoms in total. The number of carbonyl (C=O) groups is 2. The number of aliphatic hydroxyl groups excluding tert-OH is 5. The average Bonchev–Trinajstić information content (AvgIpc) is 3.18. The topological polar surface area (TPSA) is 210 Å². The van der Waals surface area contributed by atoms with E-state index >= 15 is 0 Å². The molecule has 0 spiro atoms. The predicted molar refractivity (Wildman–Crippen MR) is 217 cm³/mol. The van der Waals surface area contributed by atoms with Crippen molar-refractivity contribution in [2.24, 2.45) is 0 Å². The average molecular weight is 823 g/mol. The minimum Gasteiger partial charge on any atom is -0.462 e. The lowest BCUT2D eigenvalue weighted by Crippen LogP contribution is -2.64. The lowest BCUT2D eigenvalue weighted by atomic mass is 9.85. The molecule has 1 aliphatic carbocycles. The van der Waals surface area contributed by atoms with E-state index in [0.717, 1.165) is 57.8 Å². The van der Waals surface area contributed by atoms with Gasteiger partial charge in [-0.15, -0.1) is 0 Å². The maximum absolute atomic E-state index is 12.8. The fourth-order valence-corrected chi connectivity index (χ4v) is 7.73. The summed E-state index contributed by atoms with van der Waals surface area (Å²) >= 11 is 0. The van der Waals surface area contributed by atoms with Crippen molar-refractivity contribution in [2.45, 2.75) is 230 Å². The van der Waals surface area contributed by atoms with Crippen LogP contribution in [0.2, 0.25) is 0 Å². The van der Waals surface area contributed by atoms with Gasteiger partial charge in [0.15, 0.2) is 6.10 Å². The van der Waals surface area contributed by atoms with Gasteiger partial charge in [0.05, 0.1) is 6.61 Å². The Balaban J connectivity index is 2.49. The molecule has 0 saturated heterocycles.